The lowest BCUT2D eigenvalue weighted by atomic mass is 10.1. The Bertz CT molecular complexity index is 371. The number of nitrogens with one attached hydrogen (secondary N) is 1. The maximum absolute atomic E-state index is 12.0. The van der Waals surface area contributed by atoms with Gasteiger partial charge in [-0.15, -0.1) is 0 Å². The fourth-order valence-corrected chi connectivity index (χ4v) is 1.52. The van der Waals surface area contributed by atoms with E-state index in [1.54, 1.807) is 13.8 Å². The van der Waals surface area contributed by atoms with Crippen LogP contribution < -0.4 is 10.1 Å². The van der Waals surface area contributed by atoms with Crippen LogP contribution in [0.15, 0.2) is 30.3 Å². The molecule has 0 fully saturated rings. The van der Waals surface area contributed by atoms with E-state index >= 15 is 0 Å². The maximum Gasteiger partial charge on any atom is 0.263 e. The van der Waals surface area contributed by atoms with E-state index in [9.17, 15) is 4.79 Å². The van der Waals surface area contributed by atoms with Crippen molar-refractivity contribution in [2.75, 3.05) is 6.54 Å². The molecule has 1 aromatic carbocycles. The van der Waals surface area contributed by atoms with E-state index in [0.29, 0.717) is 18.2 Å². The second-order valence-electron chi connectivity index (χ2n) is 5.36. The number of amides is 1. The Labute approximate surface area is 110 Å². The average Bonchev–Trinajstić information content (AvgIpc) is 2.29. The molecule has 0 aliphatic carbocycles. The first-order chi connectivity index (χ1) is 8.42. The first-order valence-electron chi connectivity index (χ1n) is 6.44. The molecule has 0 saturated heterocycles. The average molecular weight is 249 g/mol. The molecular formula is C15H23NO2. The van der Waals surface area contributed by atoms with Gasteiger partial charge in [-0.2, -0.15) is 0 Å². The van der Waals surface area contributed by atoms with Crippen LogP contribution in [0.5, 0.6) is 5.75 Å². The zero-order valence-corrected chi connectivity index (χ0v) is 11.7. The molecule has 0 bridgehead atoms. The zero-order chi connectivity index (χ0) is 13.6. The van der Waals surface area contributed by atoms with Crippen LogP contribution in [0, 0.1) is 5.92 Å². The summed E-state index contributed by atoms with van der Waals surface area (Å²) in [7, 11) is 0. The van der Waals surface area contributed by atoms with Gasteiger partial charge < -0.3 is 10.1 Å². The largest absolute Gasteiger partial charge is 0.478 e. The van der Waals surface area contributed by atoms with Gasteiger partial charge in [-0.05, 0) is 38.3 Å². The van der Waals surface area contributed by atoms with Crippen LogP contribution in [0.2, 0.25) is 0 Å². The summed E-state index contributed by atoms with van der Waals surface area (Å²) in [6, 6.07) is 9.40. The maximum atomic E-state index is 12.0. The van der Waals surface area contributed by atoms with E-state index in [2.05, 4.69) is 19.2 Å². The topological polar surface area (TPSA) is 38.3 Å². The summed E-state index contributed by atoms with van der Waals surface area (Å²) < 4.78 is 5.71. The number of benzene rings is 1. The Hall–Kier alpha value is -1.51. The molecular weight excluding hydrogens is 226 g/mol. The van der Waals surface area contributed by atoms with Crippen molar-refractivity contribution in [1.29, 1.82) is 0 Å². The lowest BCUT2D eigenvalue weighted by molar-refractivity contribution is -0.134. The van der Waals surface area contributed by atoms with Gasteiger partial charge in [0.15, 0.2) is 5.60 Å². The van der Waals surface area contributed by atoms with Crippen LogP contribution in [0.3, 0.4) is 0 Å². The Kier molecular flexibility index (Phi) is 5.20. The van der Waals surface area contributed by atoms with E-state index in [1.165, 1.54) is 0 Å². The van der Waals surface area contributed by atoms with E-state index in [1.807, 2.05) is 30.3 Å². The minimum Gasteiger partial charge on any atom is -0.478 e. The van der Waals surface area contributed by atoms with Gasteiger partial charge in [-0.1, -0.05) is 32.0 Å². The fourth-order valence-electron chi connectivity index (χ4n) is 1.52. The van der Waals surface area contributed by atoms with Crippen molar-refractivity contribution in [2.24, 2.45) is 5.92 Å². The molecule has 0 radical (unpaired) electrons. The van der Waals surface area contributed by atoms with Crippen LogP contribution >= 0.6 is 0 Å². The van der Waals surface area contributed by atoms with Gasteiger partial charge in [0, 0.05) is 6.54 Å². The summed E-state index contributed by atoms with van der Waals surface area (Å²) in [6.45, 7) is 8.53. The zero-order valence-electron chi connectivity index (χ0n) is 11.7. The lowest BCUT2D eigenvalue weighted by Gasteiger charge is -2.25. The van der Waals surface area contributed by atoms with Gasteiger partial charge >= 0.3 is 0 Å². The first kappa shape index (κ1) is 14.6. The van der Waals surface area contributed by atoms with E-state index in [0.717, 1.165) is 6.42 Å². The SMILES string of the molecule is CC(C)CCNC(=O)C(C)(C)Oc1ccccc1. The molecule has 1 amide bonds. The monoisotopic (exact) mass is 249 g/mol. The molecule has 3 heteroatoms. The van der Waals surface area contributed by atoms with Crippen LogP contribution in [-0.4, -0.2) is 18.1 Å². The highest BCUT2D eigenvalue weighted by atomic mass is 16.5. The number of rotatable bonds is 6. The number of ether oxygens (including phenoxy) is 1. The Balaban J connectivity index is 2.49. The standard InChI is InChI=1S/C15H23NO2/c1-12(2)10-11-16-14(17)15(3,4)18-13-8-6-5-7-9-13/h5-9,12H,10-11H2,1-4H3,(H,16,17). The van der Waals surface area contributed by atoms with Crippen LogP contribution in [0.1, 0.15) is 34.1 Å². The highest BCUT2D eigenvalue weighted by Gasteiger charge is 2.29. The van der Waals surface area contributed by atoms with Crippen molar-refractivity contribution in [3.05, 3.63) is 30.3 Å². The molecule has 0 aliphatic heterocycles. The molecule has 18 heavy (non-hydrogen) atoms. The minimum atomic E-state index is -0.849. The van der Waals surface area contributed by atoms with Crippen LogP contribution in [-0.2, 0) is 4.79 Å². The number of carbonyl (C=O) groups is 1. The van der Waals surface area contributed by atoms with E-state index in [4.69, 9.17) is 4.74 Å². The summed E-state index contributed by atoms with van der Waals surface area (Å²) in [4.78, 5) is 12.0. The summed E-state index contributed by atoms with van der Waals surface area (Å²) in [5.74, 6) is 1.22. The quantitative estimate of drug-likeness (QED) is 0.841. The normalized spacial score (nSPS) is 11.4. The number of para-hydroxylation sites is 1. The second kappa shape index (κ2) is 6.43. The lowest BCUT2D eigenvalue weighted by Crippen LogP contribution is -2.46. The van der Waals surface area contributed by atoms with Gasteiger partial charge in [0.05, 0.1) is 0 Å². The molecule has 0 aromatic heterocycles. The molecule has 1 N–H and O–H groups in total. The van der Waals surface area contributed by atoms with Gasteiger partial charge in [0.25, 0.3) is 5.91 Å². The number of carbonyl (C=O) groups excluding carboxylic acids is 1. The summed E-state index contributed by atoms with van der Waals surface area (Å²) in [5.41, 5.74) is -0.849. The number of hydrogen-bond donors (Lipinski definition) is 1. The molecule has 100 valence electrons. The van der Waals surface area contributed by atoms with Crippen molar-refractivity contribution in [3.63, 3.8) is 0 Å². The van der Waals surface area contributed by atoms with Gasteiger partial charge in [-0.3, -0.25) is 4.79 Å². The highest BCUT2D eigenvalue weighted by Crippen LogP contribution is 2.17. The summed E-state index contributed by atoms with van der Waals surface area (Å²) in [6.07, 6.45) is 0.979. The molecule has 0 spiro atoms. The van der Waals surface area contributed by atoms with E-state index in [-0.39, 0.29) is 5.91 Å². The van der Waals surface area contributed by atoms with Crippen molar-refractivity contribution in [3.8, 4) is 5.75 Å². The molecule has 0 unspecified atom stereocenters. The smallest absolute Gasteiger partial charge is 0.263 e. The van der Waals surface area contributed by atoms with Crippen molar-refractivity contribution >= 4 is 5.91 Å². The third-order valence-electron chi connectivity index (χ3n) is 2.67. The molecule has 3 nitrogen and oxygen atoms in total. The summed E-state index contributed by atoms with van der Waals surface area (Å²) in [5, 5.41) is 2.91. The van der Waals surface area contributed by atoms with Crippen LogP contribution in [0.4, 0.5) is 0 Å². The van der Waals surface area contributed by atoms with Crippen molar-refractivity contribution in [2.45, 2.75) is 39.7 Å². The fraction of sp³-hybridized carbons (Fsp3) is 0.533. The predicted octanol–water partition coefficient (Wildman–Crippen LogP) is 3.01. The molecule has 0 heterocycles. The summed E-state index contributed by atoms with van der Waals surface area (Å²) >= 11 is 0. The minimum absolute atomic E-state index is 0.0768. The third kappa shape index (κ3) is 4.78. The van der Waals surface area contributed by atoms with Crippen molar-refractivity contribution < 1.29 is 9.53 Å². The third-order valence-corrected chi connectivity index (χ3v) is 2.67. The predicted molar refractivity (Wildman–Crippen MR) is 73.6 cm³/mol. The first-order valence-corrected chi connectivity index (χ1v) is 6.44. The van der Waals surface area contributed by atoms with Gasteiger partial charge in [0.1, 0.15) is 5.75 Å². The Morgan fingerprint density at radius 3 is 2.44 bits per heavy atom. The van der Waals surface area contributed by atoms with Gasteiger partial charge in [0.2, 0.25) is 0 Å². The van der Waals surface area contributed by atoms with E-state index < -0.39 is 5.60 Å². The van der Waals surface area contributed by atoms with Crippen molar-refractivity contribution in [1.82, 2.24) is 5.32 Å². The Morgan fingerprint density at radius 1 is 1.28 bits per heavy atom. The molecule has 1 rings (SSSR count). The van der Waals surface area contributed by atoms with Gasteiger partial charge in [-0.25, -0.2) is 0 Å². The van der Waals surface area contributed by atoms with Crippen LogP contribution in [0.25, 0.3) is 0 Å². The molecule has 0 atom stereocenters. The molecule has 1 aromatic rings. The number of hydrogen-bond acceptors (Lipinski definition) is 2. The second-order valence-corrected chi connectivity index (χ2v) is 5.36. The molecule has 0 aliphatic rings. The highest BCUT2D eigenvalue weighted by molar-refractivity contribution is 5.84. The Morgan fingerprint density at radius 2 is 1.89 bits per heavy atom. The molecule has 0 saturated carbocycles.